The SMILES string of the molecule is C[C@@]12C=CCC1C1CC[C@H]3C[C@H](N=[N+]=[N-])CC[C@]3(C)C1CC2.Cc1ccc(S(=O)(=O)O)cc1. The van der Waals surface area contributed by atoms with E-state index in [9.17, 15) is 8.42 Å². The summed E-state index contributed by atoms with van der Waals surface area (Å²) in [7, 11) is -4.02. The van der Waals surface area contributed by atoms with E-state index in [0.29, 0.717) is 10.8 Å². The van der Waals surface area contributed by atoms with Gasteiger partial charge in [-0.3, -0.25) is 4.55 Å². The molecular weight excluding hydrogens is 434 g/mol. The number of hydrogen-bond donors (Lipinski definition) is 1. The third-order valence-corrected chi connectivity index (χ3v) is 10.4. The third kappa shape index (κ3) is 4.73. The van der Waals surface area contributed by atoms with Crippen LogP contribution in [0.1, 0.15) is 70.8 Å². The van der Waals surface area contributed by atoms with E-state index in [1.165, 1.54) is 50.7 Å². The van der Waals surface area contributed by atoms with Crippen molar-refractivity contribution in [1.82, 2.24) is 0 Å². The fraction of sp³-hybridized carbons (Fsp3) is 0.692. The summed E-state index contributed by atoms with van der Waals surface area (Å²) in [4.78, 5) is 3.00. The van der Waals surface area contributed by atoms with Crippen LogP contribution in [0.5, 0.6) is 0 Å². The molecule has 3 unspecified atom stereocenters. The summed E-state index contributed by atoms with van der Waals surface area (Å²) in [6.45, 7) is 6.92. The molecule has 33 heavy (non-hydrogen) atoms. The van der Waals surface area contributed by atoms with E-state index >= 15 is 0 Å². The van der Waals surface area contributed by atoms with E-state index in [2.05, 4.69) is 36.0 Å². The number of benzene rings is 1. The predicted molar refractivity (Wildman–Crippen MR) is 130 cm³/mol. The van der Waals surface area contributed by atoms with Gasteiger partial charge in [0.25, 0.3) is 10.1 Å². The maximum absolute atomic E-state index is 10.5. The smallest absolute Gasteiger partial charge is 0.282 e. The minimum atomic E-state index is -4.02. The first-order valence-corrected chi connectivity index (χ1v) is 13.8. The number of nitrogens with zero attached hydrogens (tertiary/aromatic N) is 3. The number of hydrogen-bond acceptors (Lipinski definition) is 3. The van der Waals surface area contributed by atoms with Crippen LogP contribution in [0.15, 0.2) is 46.4 Å². The molecule has 0 amide bonds. The summed E-state index contributed by atoms with van der Waals surface area (Å²) < 4.78 is 29.6. The van der Waals surface area contributed by atoms with Crippen molar-refractivity contribution in [1.29, 1.82) is 0 Å². The Labute approximate surface area is 198 Å². The molecule has 3 fully saturated rings. The molecule has 0 bridgehead atoms. The molecular formula is C26H37N3O3S. The maximum atomic E-state index is 10.5. The van der Waals surface area contributed by atoms with E-state index in [4.69, 9.17) is 10.1 Å². The molecule has 0 aromatic heterocycles. The minimum absolute atomic E-state index is 0.0666. The average molecular weight is 472 g/mol. The molecule has 0 saturated heterocycles. The number of aryl methyl sites for hydroxylation is 1. The third-order valence-electron chi connectivity index (χ3n) is 9.50. The molecule has 0 radical (unpaired) electrons. The van der Waals surface area contributed by atoms with Crippen molar-refractivity contribution >= 4 is 10.1 Å². The van der Waals surface area contributed by atoms with E-state index in [0.717, 1.165) is 42.1 Å². The number of rotatable bonds is 2. The van der Waals surface area contributed by atoms with Crippen LogP contribution < -0.4 is 0 Å². The molecule has 0 aliphatic heterocycles. The Balaban J connectivity index is 0.000000200. The first-order chi connectivity index (χ1) is 15.6. The fourth-order valence-corrected chi connectivity index (χ4v) is 8.09. The van der Waals surface area contributed by atoms with Crippen molar-refractivity contribution in [3.63, 3.8) is 0 Å². The second-order valence-electron chi connectivity index (χ2n) is 11.3. The first-order valence-electron chi connectivity index (χ1n) is 12.3. The van der Waals surface area contributed by atoms with E-state index in [-0.39, 0.29) is 10.9 Å². The molecule has 4 aliphatic rings. The summed E-state index contributed by atoms with van der Waals surface area (Å²) in [6, 6.07) is 6.25. The second-order valence-corrected chi connectivity index (χ2v) is 12.7. The van der Waals surface area contributed by atoms with Crippen LogP contribution in [0.2, 0.25) is 0 Å². The molecule has 3 saturated carbocycles. The predicted octanol–water partition coefficient (Wildman–Crippen LogP) is 7.12. The standard InChI is InChI=1S/C19H29N3.C7H8O3S/c1-18-9-3-4-16(18)15-6-5-13-12-14(21-22-20)7-11-19(13,2)17(15)8-10-18;1-6-2-4-7(5-3-6)11(8,9)10/h3,9,13-17H,4-8,10-12H2,1-2H3;2-5H,1H3,(H,8,9,10)/t13-,14+,15?,16?,17?,18-,19-;/m0./s1. The van der Waals surface area contributed by atoms with Gasteiger partial charge in [-0.1, -0.05) is 48.8 Å². The summed E-state index contributed by atoms with van der Waals surface area (Å²) in [6.07, 6.45) is 15.4. The molecule has 1 aromatic rings. The average Bonchev–Trinajstić information content (AvgIpc) is 3.16. The van der Waals surface area contributed by atoms with Gasteiger partial charge in [0.2, 0.25) is 0 Å². The Morgan fingerprint density at radius 3 is 2.45 bits per heavy atom. The van der Waals surface area contributed by atoms with Gasteiger partial charge < -0.3 is 0 Å². The van der Waals surface area contributed by atoms with Gasteiger partial charge in [-0.05, 0) is 110 Å². The molecule has 7 atom stereocenters. The molecule has 4 aliphatic carbocycles. The lowest BCUT2D eigenvalue weighted by Crippen LogP contribution is -2.53. The van der Waals surface area contributed by atoms with Crippen LogP contribution >= 0.6 is 0 Å². The minimum Gasteiger partial charge on any atom is -0.282 e. The van der Waals surface area contributed by atoms with Crippen LogP contribution in [0.25, 0.3) is 10.4 Å². The van der Waals surface area contributed by atoms with Crippen molar-refractivity contribution in [3.8, 4) is 0 Å². The van der Waals surface area contributed by atoms with Gasteiger partial charge in [-0.25, -0.2) is 0 Å². The van der Waals surface area contributed by atoms with E-state index < -0.39 is 10.1 Å². The highest BCUT2D eigenvalue weighted by atomic mass is 32.2. The van der Waals surface area contributed by atoms with Crippen LogP contribution in [0.3, 0.4) is 0 Å². The van der Waals surface area contributed by atoms with Crippen molar-refractivity contribution < 1.29 is 13.0 Å². The highest BCUT2D eigenvalue weighted by Crippen LogP contribution is 2.65. The number of azide groups is 1. The first kappa shape index (κ1) is 24.3. The molecule has 5 rings (SSSR count). The van der Waals surface area contributed by atoms with Crippen LogP contribution in [0.4, 0.5) is 0 Å². The number of fused-ring (bicyclic) bond motifs is 5. The summed E-state index contributed by atoms with van der Waals surface area (Å²) in [5.41, 5.74) is 10.7. The van der Waals surface area contributed by atoms with Crippen molar-refractivity contribution in [2.45, 2.75) is 83.1 Å². The van der Waals surface area contributed by atoms with Crippen molar-refractivity contribution in [2.24, 2.45) is 39.6 Å². The summed E-state index contributed by atoms with van der Waals surface area (Å²) >= 11 is 0. The van der Waals surface area contributed by atoms with Gasteiger partial charge in [-0.15, -0.1) is 0 Å². The van der Waals surface area contributed by atoms with Gasteiger partial charge in [0.15, 0.2) is 0 Å². The lowest BCUT2D eigenvalue weighted by atomic mass is 9.45. The van der Waals surface area contributed by atoms with Gasteiger partial charge in [0.05, 0.1) is 4.90 Å². The topological polar surface area (TPSA) is 103 Å². The molecule has 0 heterocycles. The van der Waals surface area contributed by atoms with Crippen LogP contribution in [-0.4, -0.2) is 19.0 Å². The molecule has 0 spiro atoms. The molecule has 1 aromatic carbocycles. The molecule has 6 nitrogen and oxygen atoms in total. The second kappa shape index (κ2) is 9.09. The largest absolute Gasteiger partial charge is 0.294 e. The number of allylic oxidation sites excluding steroid dienone is 2. The van der Waals surface area contributed by atoms with Gasteiger partial charge in [0.1, 0.15) is 0 Å². The zero-order valence-electron chi connectivity index (χ0n) is 20.0. The maximum Gasteiger partial charge on any atom is 0.294 e. The van der Waals surface area contributed by atoms with Gasteiger partial charge >= 0.3 is 0 Å². The molecule has 7 heteroatoms. The Bertz CT molecular complexity index is 1050. The van der Waals surface area contributed by atoms with Gasteiger partial charge in [-0.2, -0.15) is 8.42 Å². The Hall–Kier alpha value is -1.82. The quantitative estimate of drug-likeness (QED) is 0.163. The van der Waals surface area contributed by atoms with Crippen molar-refractivity contribution in [2.75, 3.05) is 0 Å². The fourth-order valence-electron chi connectivity index (χ4n) is 7.61. The normalized spacial score (nSPS) is 39.2. The monoisotopic (exact) mass is 471 g/mol. The van der Waals surface area contributed by atoms with E-state index in [1.54, 1.807) is 12.1 Å². The molecule has 1 N–H and O–H groups in total. The zero-order chi connectivity index (χ0) is 23.9. The van der Waals surface area contributed by atoms with E-state index in [1.807, 2.05) is 6.92 Å². The Morgan fingerprint density at radius 1 is 1.06 bits per heavy atom. The Morgan fingerprint density at radius 2 is 1.79 bits per heavy atom. The van der Waals surface area contributed by atoms with Crippen LogP contribution in [0, 0.1) is 41.4 Å². The van der Waals surface area contributed by atoms with Crippen LogP contribution in [-0.2, 0) is 10.1 Å². The summed E-state index contributed by atoms with van der Waals surface area (Å²) in [5, 5.41) is 4.04. The highest BCUT2D eigenvalue weighted by molar-refractivity contribution is 7.85. The van der Waals surface area contributed by atoms with Crippen molar-refractivity contribution in [3.05, 3.63) is 52.4 Å². The molecule has 180 valence electrons. The lowest BCUT2D eigenvalue weighted by molar-refractivity contribution is -0.0995. The summed E-state index contributed by atoms with van der Waals surface area (Å²) in [5.74, 6) is 3.54. The lowest BCUT2D eigenvalue weighted by Gasteiger charge is -2.60. The Kier molecular flexibility index (Phi) is 6.69. The highest BCUT2D eigenvalue weighted by Gasteiger charge is 2.56. The zero-order valence-corrected chi connectivity index (χ0v) is 20.8. The van der Waals surface area contributed by atoms with Gasteiger partial charge in [0, 0.05) is 11.0 Å².